The lowest BCUT2D eigenvalue weighted by atomic mass is 9.75. The van der Waals surface area contributed by atoms with Gasteiger partial charge in [0, 0.05) is 17.2 Å². The van der Waals surface area contributed by atoms with Gasteiger partial charge in [-0.3, -0.25) is 14.4 Å². The minimum atomic E-state index is -0.467. The van der Waals surface area contributed by atoms with Crippen LogP contribution in [0.3, 0.4) is 0 Å². The van der Waals surface area contributed by atoms with Crippen molar-refractivity contribution in [3.63, 3.8) is 0 Å². The van der Waals surface area contributed by atoms with Gasteiger partial charge in [0.1, 0.15) is 5.75 Å². The zero-order valence-corrected chi connectivity index (χ0v) is 16.9. The Morgan fingerprint density at radius 1 is 0.933 bits per heavy atom. The first-order valence-corrected chi connectivity index (χ1v) is 10.3. The van der Waals surface area contributed by atoms with Crippen LogP contribution in [-0.4, -0.2) is 31.4 Å². The number of ketones is 1. The van der Waals surface area contributed by atoms with Crippen molar-refractivity contribution in [2.45, 2.75) is 19.3 Å². The standard InChI is InChI=1S/C24H25NO5/c1-29-19-11-9-18(10-12-19)25-20(26)14-30-24(28)22-17-8-7-16(13-17)21(22)23(27)15-5-3-2-4-6-15/h2-6,9-12,16-17,21-22H,7-8,13-14H2,1H3,(H,25,26)/t16-,17+,21-,22+/m0/s1. The molecule has 0 heterocycles. The van der Waals surface area contributed by atoms with Crippen LogP contribution in [0.5, 0.6) is 5.75 Å². The van der Waals surface area contributed by atoms with Crippen molar-refractivity contribution in [2.75, 3.05) is 19.0 Å². The van der Waals surface area contributed by atoms with Crippen molar-refractivity contribution in [3.05, 3.63) is 60.2 Å². The van der Waals surface area contributed by atoms with Crippen LogP contribution in [0.25, 0.3) is 0 Å². The second-order valence-corrected chi connectivity index (χ2v) is 8.00. The number of esters is 1. The molecule has 0 aliphatic heterocycles. The number of rotatable bonds is 7. The van der Waals surface area contributed by atoms with Crippen LogP contribution in [0.1, 0.15) is 29.6 Å². The number of hydrogen-bond acceptors (Lipinski definition) is 5. The minimum absolute atomic E-state index is 0.00688. The number of hydrogen-bond donors (Lipinski definition) is 1. The Kier molecular flexibility index (Phi) is 5.84. The summed E-state index contributed by atoms with van der Waals surface area (Å²) < 4.78 is 10.4. The molecular formula is C24H25NO5. The summed E-state index contributed by atoms with van der Waals surface area (Å²) in [5.41, 5.74) is 1.22. The van der Waals surface area contributed by atoms with E-state index in [1.807, 2.05) is 18.2 Å². The minimum Gasteiger partial charge on any atom is -0.497 e. The Bertz CT molecular complexity index is 924. The summed E-state index contributed by atoms with van der Waals surface area (Å²) in [4.78, 5) is 38.1. The third-order valence-corrected chi connectivity index (χ3v) is 6.27. The van der Waals surface area contributed by atoms with Crippen molar-refractivity contribution in [1.29, 1.82) is 0 Å². The molecule has 4 rings (SSSR count). The van der Waals surface area contributed by atoms with Gasteiger partial charge in [-0.15, -0.1) is 0 Å². The highest BCUT2D eigenvalue weighted by Crippen LogP contribution is 2.53. The van der Waals surface area contributed by atoms with Crippen LogP contribution in [0.2, 0.25) is 0 Å². The number of carbonyl (C=O) groups is 3. The van der Waals surface area contributed by atoms with Crippen molar-refractivity contribution in [1.82, 2.24) is 0 Å². The van der Waals surface area contributed by atoms with Gasteiger partial charge in [-0.05, 0) is 55.4 Å². The Morgan fingerprint density at radius 3 is 2.27 bits per heavy atom. The number of Topliss-reactive ketones (excluding diaryl/α,β-unsaturated/α-hetero) is 1. The van der Waals surface area contributed by atoms with Gasteiger partial charge in [0.15, 0.2) is 12.4 Å². The van der Waals surface area contributed by atoms with Crippen molar-refractivity contribution < 1.29 is 23.9 Å². The molecule has 6 heteroatoms. The van der Waals surface area contributed by atoms with Gasteiger partial charge < -0.3 is 14.8 Å². The molecule has 0 aromatic heterocycles. The Morgan fingerprint density at radius 2 is 1.60 bits per heavy atom. The molecule has 4 atom stereocenters. The highest BCUT2D eigenvalue weighted by atomic mass is 16.5. The third kappa shape index (κ3) is 4.08. The zero-order chi connectivity index (χ0) is 21.1. The lowest BCUT2D eigenvalue weighted by molar-refractivity contribution is -0.154. The smallest absolute Gasteiger partial charge is 0.310 e. The maximum Gasteiger partial charge on any atom is 0.310 e. The molecule has 0 unspecified atom stereocenters. The van der Waals surface area contributed by atoms with E-state index in [0.29, 0.717) is 17.0 Å². The molecule has 156 valence electrons. The average Bonchev–Trinajstić information content (AvgIpc) is 3.40. The number of carbonyl (C=O) groups excluding carboxylic acids is 3. The topological polar surface area (TPSA) is 81.7 Å². The van der Waals surface area contributed by atoms with E-state index in [1.165, 1.54) is 0 Å². The molecule has 2 fully saturated rings. The molecule has 2 saturated carbocycles. The van der Waals surface area contributed by atoms with Gasteiger partial charge in [-0.2, -0.15) is 0 Å². The van der Waals surface area contributed by atoms with Gasteiger partial charge in [0.25, 0.3) is 5.91 Å². The average molecular weight is 407 g/mol. The van der Waals surface area contributed by atoms with Gasteiger partial charge in [-0.1, -0.05) is 30.3 Å². The molecule has 0 radical (unpaired) electrons. The predicted molar refractivity (Wildman–Crippen MR) is 111 cm³/mol. The number of anilines is 1. The molecular weight excluding hydrogens is 382 g/mol. The van der Waals surface area contributed by atoms with E-state index in [0.717, 1.165) is 19.3 Å². The molecule has 0 spiro atoms. The monoisotopic (exact) mass is 407 g/mol. The molecule has 1 amide bonds. The van der Waals surface area contributed by atoms with Gasteiger partial charge in [-0.25, -0.2) is 0 Å². The van der Waals surface area contributed by atoms with E-state index in [9.17, 15) is 14.4 Å². The van der Waals surface area contributed by atoms with Crippen LogP contribution >= 0.6 is 0 Å². The number of benzene rings is 2. The lowest BCUT2D eigenvalue weighted by Gasteiger charge is -2.28. The van der Waals surface area contributed by atoms with Gasteiger partial charge >= 0.3 is 5.97 Å². The summed E-state index contributed by atoms with van der Waals surface area (Å²) in [5, 5.41) is 2.69. The van der Waals surface area contributed by atoms with Crippen molar-refractivity contribution in [2.24, 2.45) is 23.7 Å². The van der Waals surface area contributed by atoms with E-state index in [1.54, 1.807) is 43.5 Å². The second kappa shape index (κ2) is 8.69. The molecule has 0 saturated heterocycles. The fraction of sp³-hybridized carbons (Fsp3) is 0.375. The predicted octanol–water partition coefficient (Wildman–Crippen LogP) is 3.72. The van der Waals surface area contributed by atoms with Gasteiger partial charge in [0.2, 0.25) is 0 Å². The largest absolute Gasteiger partial charge is 0.497 e. The Labute approximate surface area is 175 Å². The van der Waals surface area contributed by atoms with Crippen LogP contribution in [0.4, 0.5) is 5.69 Å². The lowest BCUT2D eigenvalue weighted by Crippen LogP contribution is -2.37. The first-order chi connectivity index (χ1) is 14.6. The SMILES string of the molecule is COc1ccc(NC(=O)COC(=O)[C@@H]2[C@@H]3CC[C@@H](C3)[C@@H]2C(=O)c2ccccc2)cc1. The summed E-state index contributed by atoms with van der Waals surface area (Å²) in [6.07, 6.45) is 2.78. The van der Waals surface area contributed by atoms with Crippen molar-refractivity contribution >= 4 is 23.3 Å². The van der Waals surface area contributed by atoms with E-state index in [-0.39, 0.29) is 30.1 Å². The first-order valence-electron chi connectivity index (χ1n) is 10.3. The Balaban J connectivity index is 1.38. The fourth-order valence-corrected chi connectivity index (χ4v) is 4.91. The van der Waals surface area contributed by atoms with E-state index in [4.69, 9.17) is 9.47 Å². The highest BCUT2D eigenvalue weighted by molar-refractivity contribution is 6.01. The summed E-state index contributed by atoms with van der Waals surface area (Å²) in [6.45, 7) is -0.370. The summed E-state index contributed by atoms with van der Waals surface area (Å²) in [6, 6.07) is 16.0. The molecule has 1 N–H and O–H groups in total. The molecule has 2 bridgehead atoms. The van der Waals surface area contributed by atoms with Gasteiger partial charge in [0.05, 0.1) is 13.0 Å². The maximum absolute atomic E-state index is 13.1. The summed E-state index contributed by atoms with van der Waals surface area (Å²) >= 11 is 0. The molecule has 6 nitrogen and oxygen atoms in total. The summed E-state index contributed by atoms with van der Waals surface area (Å²) in [5.74, 6) is -0.618. The van der Waals surface area contributed by atoms with E-state index < -0.39 is 17.8 Å². The second-order valence-electron chi connectivity index (χ2n) is 8.00. The van der Waals surface area contributed by atoms with E-state index in [2.05, 4.69) is 5.32 Å². The molecule has 2 aliphatic rings. The molecule has 2 aliphatic carbocycles. The Hall–Kier alpha value is -3.15. The van der Waals surface area contributed by atoms with Crippen LogP contribution in [0, 0.1) is 23.7 Å². The van der Waals surface area contributed by atoms with Crippen LogP contribution in [0.15, 0.2) is 54.6 Å². The normalized spacial score (nSPS) is 24.3. The van der Waals surface area contributed by atoms with E-state index >= 15 is 0 Å². The number of amides is 1. The third-order valence-electron chi connectivity index (χ3n) is 6.27. The number of nitrogens with one attached hydrogen (secondary N) is 1. The zero-order valence-electron chi connectivity index (χ0n) is 16.9. The van der Waals surface area contributed by atoms with Crippen LogP contribution in [-0.2, 0) is 14.3 Å². The fourth-order valence-electron chi connectivity index (χ4n) is 4.91. The van der Waals surface area contributed by atoms with Crippen LogP contribution < -0.4 is 10.1 Å². The molecule has 30 heavy (non-hydrogen) atoms. The molecule has 2 aromatic rings. The summed E-state index contributed by atoms with van der Waals surface area (Å²) in [7, 11) is 1.57. The number of methoxy groups -OCH3 is 1. The molecule has 2 aromatic carbocycles. The number of ether oxygens (including phenoxy) is 2. The number of fused-ring (bicyclic) bond motifs is 2. The maximum atomic E-state index is 13.1. The first kappa shape index (κ1) is 20.1. The van der Waals surface area contributed by atoms with Crippen molar-refractivity contribution in [3.8, 4) is 5.75 Å². The quantitative estimate of drug-likeness (QED) is 0.559. The highest BCUT2D eigenvalue weighted by Gasteiger charge is 2.54.